The van der Waals surface area contributed by atoms with E-state index in [1.807, 2.05) is 6.07 Å². The zero-order valence-electron chi connectivity index (χ0n) is 10.6. The van der Waals surface area contributed by atoms with Crippen LogP contribution < -0.4 is 15.5 Å². The maximum Gasteiger partial charge on any atom is 0.269 e. The van der Waals surface area contributed by atoms with Crippen molar-refractivity contribution in [2.24, 2.45) is 5.41 Å². The van der Waals surface area contributed by atoms with Crippen molar-refractivity contribution in [3.05, 3.63) is 24.0 Å². The molecule has 0 bridgehead atoms. The normalized spacial score (nSPS) is 20.8. The van der Waals surface area contributed by atoms with Crippen molar-refractivity contribution in [1.82, 2.24) is 15.6 Å². The fraction of sp³-hybridized carbons (Fsp3) is 0.538. The number of aromatic nitrogens is 1. The zero-order chi connectivity index (χ0) is 12.6. The SMILES string of the molecule is CNC(=O)c1ccc(N2CCC3(CNC3)C2)cn1. The van der Waals surface area contributed by atoms with Crippen LogP contribution in [0.5, 0.6) is 0 Å². The Kier molecular flexibility index (Phi) is 2.70. The molecular formula is C13H18N4O. The van der Waals surface area contributed by atoms with Gasteiger partial charge in [-0.2, -0.15) is 0 Å². The van der Waals surface area contributed by atoms with E-state index in [-0.39, 0.29) is 5.91 Å². The van der Waals surface area contributed by atoms with Crippen LogP contribution in [-0.4, -0.2) is 44.1 Å². The molecule has 18 heavy (non-hydrogen) atoms. The lowest BCUT2D eigenvalue weighted by Gasteiger charge is -2.39. The van der Waals surface area contributed by atoms with Crippen LogP contribution in [-0.2, 0) is 0 Å². The number of anilines is 1. The van der Waals surface area contributed by atoms with Gasteiger partial charge in [-0.15, -0.1) is 0 Å². The third-order valence-corrected chi connectivity index (χ3v) is 4.01. The van der Waals surface area contributed by atoms with Gasteiger partial charge in [0.1, 0.15) is 5.69 Å². The van der Waals surface area contributed by atoms with Gasteiger partial charge in [-0.05, 0) is 18.6 Å². The van der Waals surface area contributed by atoms with Gasteiger partial charge in [-0.25, -0.2) is 4.98 Å². The molecule has 96 valence electrons. The summed E-state index contributed by atoms with van der Waals surface area (Å²) in [5.41, 5.74) is 2.08. The van der Waals surface area contributed by atoms with Crippen LogP contribution in [0.15, 0.2) is 18.3 Å². The first-order valence-electron chi connectivity index (χ1n) is 6.36. The summed E-state index contributed by atoms with van der Waals surface area (Å²) in [4.78, 5) is 18.0. The monoisotopic (exact) mass is 246 g/mol. The predicted octanol–water partition coefficient (Wildman–Crippen LogP) is 0.241. The minimum Gasteiger partial charge on any atom is -0.370 e. The van der Waals surface area contributed by atoms with Crippen LogP contribution >= 0.6 is 0 Å². The van der Waals surface area contributed by atoms with Gasteiger partial charge in [0.2, 0.25) is 0 Å². The maximum atomic E-state index is 11.4. The highest BCUT2D eigenvalue weighted by Gasteiger charge is 2.42. The van der Waals surface area contributed by atoms with E-state index in [0.717, 1.165) is 31.9 Å². The minimum atomic E-state index is -0.136. The summed E-state index contributed by atoms with van der Waals surface area (Å²) in [5, 5.41) is 5.93. The van der Waals surface area contributed by atoms with Crippen LogP contribution in [0, 0.1) is 5.41 Å². The molecule has 0 saturated carbocycles. The molecular weight excluding hydrogens is 228 g/mol. The molecule has 2 fully saturated rings. The van der Waals surface area contributed by atoms with E-state index >= 15 is 0 Å². The largest absolute Gasteiger partial charge is 0.370 e. The van der Waals surface area contributed by atoms with Crippen molar-refractivity contribution < 1.29 is 4.79 Å². The minimum absolute atomic E-state index is 0.136. The molecule has 0 unspecified atom stereocenters. The number of hydrogen-bond donors (Lipinski definition) is 2. The fourth-order valence-electron chi connectivity index (χ4n) is 2.76. The Hall–Kier alpha value is -1.62. The van der Waals surface area contributed by atoms with E-state index in [0.29, 0.717) is 11.1 Å². The number of nitrogens with zero attached hydrogens (tertiary/aromatic N) is 2. The first-order chi connectivity index (χ1) is 8.72. The average molecular weight is 246 g/mol. The molecule has 3 rings (SSSR count). The van der Waals surface area contributed by atoms with Crippen molar-refractivity contribution in [3.8, 4) is 0 Å². The molecule has 0 aliphatic carbocycles. The molecule has 1 aromatic heterocycles. The summed E-state index contributed by atoms with van der Waals surface area (Å²) in [6.07, 6.45) is 3.05. The van der Waals surface area contributed by atoms with E-state index in [2.05, 4.69) is 20.5 Å². The van der Waals surface area contributed by atoms with E-state index in [4.69, 9.17) is 0 Å². The molecule has 1 aromatic rings. The second-order valence-electron chi connectivity index (χ2n) is 5.26. The number of hydrogen-bond acceptors (Lipinski definition) is 4. The van der Waals surface area contributed by atoms with Crippen molar-refractivity contribution in [2.75, 3.05) is 38.1 Å². The van der Waals surface area contributed by atoms with Gasteiger partial charge in [0.05, 0.1) is 11.9 Å². The molecule has 1 amide bonds. The van der Waals surface area contributed by atoms with Crippen molar-refractivity contribution in [3.63, 3.8) is 0 Å². The standard InChI is InChI=1S/C13H18N4O/c1-14-12(18)11-3-2-10(6-16-11)17-5-4-13(9-17)7-15-8-13/h2-3,6,15H,4-5,7-9H2,1H3,(H,14,18). The fourth-order valence-corrected chi connectivity index (χ4v) is 2.76. The van der Waals surface area contributed by atoms with Crippen molar-refractivity contribution in [1.29, 1.82) is 0 Å². The molecule has 3 heterocycles. The van der Waals surface area contributed by atoms with Crippen LogP contribution in [0.1, 0.15) is 16.9 Å². The van der Waals surface area contributed by atoms with Crippen LogP contribution in [0.4, 0.5) is 5.69 Å². The van der Waals surface area contributed by atoms with E-state index in [1.54, 1.807) is 19.3 Å². The van der Waals surface area contributed by atoms with Crippen molar-refractivity contribution in [2.45, 2.75) is 6.42 Å². The number of nitrogens with one attached hydrogen (secondary N) is 2. The van der Waals surface area contributed by atoms with Crippen LogP contribution in [0.25, 0.3) is 0 Å². The lowest BCUT2D eigenvalue weighted by Crippen LogP contribution is -2.54. The van der Waals surface area contributed by atoms with Gasteiger partial charge in [0, 0.05) is 38.6 Å². The lowest BCUT2D eigenvalue weighted by atomic mass is 9.81. The van der Waals surface area contributed by atoms with Gasteiger partial charge in [0.15, 0.2) is 0 Å². The molecule has 5 heteroatoms. The summed E-state index contributed by atoms with van der Waals surface area (Å²) in [6.45, 7) is 4.45. The summed E-state index contributed by atoms with van der Waals surface area (Å²) < 4.78 is 0. The number of pyridine rings is 1. The second kappa shape index (κ2) is 4.24. The van der Waals surface area contributed by atoms with Gasteiger partial charge >= 0.3 is 0 Å². The quantitative estimate of drug-likeness (QED) is 0.785. The third kappa shape index (κ3) is 1.84. The van der Waals surface area contributed by atoms with Crippen LogP contribution in [0.2, 0.25) is 0 Å². The van der Waals surface area contributed by atoms with Gasteiger partial charge in [0.25, 0.3) is 5.91 Å². The molecule has 2 saturated heterocycles. The molecule has 0 aromatic carbocycles. The molecule has 2 aliphatic rings. The summed E-state index contributed by atoms with van der Waals surface area (Å²) in [6, 6.07) is 3.78. The van der Waals surface area contributed by atoms with Gasteiger partial charge in [-0.1, -0.05) is 0 Å². The third-order valence-electron chi connectivity index (χ3n) is 4.01. The summed E-state index contributed by atoms with van der Waals surface area (Å²) in [5.74, 6) is -0.136. The Bertz CT molecular complexity index is 453. The first-order valence-corrected chi connectivity index (χ1v) is 6.36. The number of carbonyl (C=O) groups excluding carboxylic acids is 1. The van der Waals surface area contributed by atoms with Crippen molar-refractivity contribution >= 4 is 11.6 Å². The van der Waals surface area contributed by atoms with Crippen LogP contribution in [0.3, 0.4) is 0 Å². The van der Waals surface area contributed by atoms with E-state index in [1.165, 1.54) is 6.42 Å². The van der Waals surface area contributed by atoms with E-state index < -0.39 is 0 Å². The topological polar surface area (TPSA) is 57.3 Å². The molecule has 0 radical (unpaired) electrons. The van der Waals surface area contributed by atoms with Gasteiger partial charge < -0.3 is 15.5 Å². The number of carbonyl (C=O) groups is 1. The Morgan fingerprint density at radius 1 is 1.50 bits per heavy atom. The lowest BCUT2D eigenvalue weighted by molar-refractivity contribution is 0.0958. The molecule has 1 spiro atoms. The smallest absolute Gasteiger partial charge is 0.269 e. The summed E-state index contributed by atoms with van der Waals surface area (Å²) in [7, 11) is 1.62. The first kappa shape index (κ1) is 11.5. The molecule has 0 atom stereocenters. The average Bonchev–Trinajstić information content (AvgIpc) is 2.83. The van der Waals surface area contributed by atoms with E-state index in [9.17, 15) is 4.79 Å². The molecule has 2 aliphatic heterocycles. The van der Waals surface area contributed by atoms with Gasteiger partial charge in [-0.3, -0.25) is 4.79 Å². The highest BCUT2D eigenvalue weighted by molar-refractivity contribution is 5.92. The number of amides is 1. The molecule has 2 N–H and O–H groups in total. The Labute approximate surface area is 107 Å². The predicted molar refractivity (Wildman–Crippen MR) is 69.8 cm³/mol. The number of rotatable bonds is 2. The zero-order valence-corrected chi connectivity index (χ0v) is 10.6. The maximum absolute atomic E-state index is 11.4. The summed E-state index contributed by atoms with van der Waals surface area (Å²) >= 11 is 0. The molecule has 5 nitrogen and oxygen atoms in total. The highest BCUT2D eigenvalue weighted by Crippen LogP contribution is 2.36. The Balaban J connectivity index is 1.72. The second-order valence-corrected chi connectivity index (χ2v) is 5.26. The Morgan fingerprint density at radius 2 is 2.33 bits per heavy atom. The Morgan fingerprint density at radius 3 is 2.83 bits per heavy atom. The highest BCUT2D eigenvalue weighted by atomic mass is 16.1.